The molecule has 1 aromatic carbocycles. The molecular weight excluding hydrogens is 222 g/mol. The van der Waals surface area contributed by atoms with E-state index in [4.69, 9.17) is 4.74 Å². The standard InChI is InChI=1S/C12H19NO2S/c1-3-13(8-11(14)9-16)10-5-4-6-12(7-10)15-2/h4-7,11,14,16H,3,8-9H2,1-2H3. The minimum Gasteiger partial charge on any atom is -0.497 e. The highest BCUT2D eigenvalue weighted by molar-refractivity contribution is 7.80. The van der Waals surface area contributed by atoms with Crippen LogP contribution in [-0.4, -0.2) is 37.2 Å². The Labute approximate surface area is 102 Å². The summed E-state index contributed by atoms with van der Waals surface area (Å²) in [7, 11) is 1.65. The first-order valence-electron chi connectivity index (χ1n) is 5.39. The van der Waals surface area contributed by atoms with E-state index in [1.807, 2.05) is 24.3 Å². The van der Waals surface area contributed by atoms with Crippen molar-refractivity contribution < 1.29 is 9.84 Å². The van der Waals surface area contributed by atoms with Gasteiger partial charge in [0.15, 0.2) is 0 Å². The van der Waals surface area contributed by atoms with Gasteiger partial charge < -0.3 is 14.7 Å². The summed E-state index contributed by atoms with van der Waals surface area (Å²) in [6.45, 7) is 3.50. The van der Waals surface area contributed by atoms with Crippen molar-refractivity contribution in [1.29, 1.82) is 0 Å². The molecule has 0 aliphatic heterocycles. The van der Waals surface area contributed by atoms with Gasteiger partial charge in [0.2, 0.25) is 0 Å². The highest BCUT2D eigenvalue weighted by Crippen LogP contribution is 2.20. The normalized spacial score (nSPS) is 12.2. The topological polar surface area (TPSA) is 32.7 Å². The molecule has 1 rings (SSSR count). The van der Waals surface area contributed by atoms with E-state index < -0.39 is 6.10 Å². The molecule has 3 nitrogen and oxygen atoms in total. The second-order valence-electron chi connectivity index (χ2n) is 3.58. The van der Waals surface area contributed by atoms with Gasteiger partial charge in [-0.25, -0.2) is 0 Å². The maximum absolute atomic E-state index is 9.60. The number of aliphatic hydroxyl groups excluding tert-OH is 1. The molecule has 16 heavy (non-hydrogen) atoms. The van der Waals surface area contributed by atoms with Gasteiger partial charge in [-0.1, -0.05) is 6.07 Å². The van der Waals surface area contributed by atoms with Gasteiger partial charge in [0, 0.05) is 30.6 Å². The molecule has 0 saturated heterocycles. The van der Waals surface area contributed by atoms with E-state index in [0.29, 0.717) is 12.3 Å². The molecule has 1 aromatic rings. The Morgan fingerprint density at radius 2 is 2.25 bits per heavy atom. The average Bonchev–Trinajstić information content (AvgIpc) is 2.35. The Morgan fingerprint density at radius 1 is 1.50 bits per heavy atom. The van der Waals surface area contributed by atoms with Crippen LogP contribution in [0.2, 0.25) is 0 Å². The van der Waals surface area contributed by atoms with Crippen molar-refractivity contribution in [1.82, 2.24) is 0 Å². The minimum absolute atomic E-state index is 0.408. The van der Waals surface area contributed by atoms with E-state index in [2.05, 4.69) is 24.5 Å². The van der Waals surface area contributed by atoms with Crippen molar-refractivity contribution in [3.63, 3.8) is 0 Å². The lowest BCUT2D eigenvalue weighted by Crippen LogP contribution is -2.33. The highest BCUT2D eigenvalue weighted by Gasteiger charge is 2.10. The second-order valence-corrected chi connectivity index (χ2v) is 3.94. The van der Waals surface area contributed by atoms with E-state index in [-0.39, 0.29) is 0 Å². The van der Waals surface area contributed by atoms with Crippen molar-refractivity contribution in [2.75, 3.05) is 30.9 Å². The molecule has 1 N–H and O–H groups in total. The SMILES string of the molecule is CCN(CC(O)CS)c1cccc(OC)c1. The summed E-state index contributed by atoms with van der Waals surface area (Å²) < 4.78 is 5.18. The molecule has 90 valence electrons. The lowest BCUT2D eigenvalue weighted by Gasteiger charge is -2.25. The van der Waals surface area contributed by atoms with Crippen LogP contribution in [0.25, 0.3) is 0 Å². The predicted octanol–water partition coefficient (Wildman–Crippen LogP) is 1.81. The first kappa shape index (κ1) is 13.2. The van der Waals surface area contributed by atoms with Gasteiger partial charge >= 0.3 is 0 Å². The molecule has 0 amide bonds. The van der Waals surface area contributed by atoms with Crippen molar-refractivity contribution in [2.45, 2.75) is 13.0 Å². The first-order chi connectivity index (χ1) is 7.71. The molecule has 0 fully saturated rings. The number of nitrogens with zero attached hydrogens (tertiary/aromatic N) is 1. The number of hydrogen-bond acceptors (Lipinski definition) is 4. The van der Waals surface area contributed by atoms with Gasteiger partial charge in [-0.2, -0.15) is 12.6 Å². The molecular formula is C12H19NO2S. The Hall–Kier alpha value is -0.870. The van der Waals surface area contributed by atoms with Crippen molar-refractivity contribution in [3.05, 3.63) is 24.3 Å². The lowest BCUT2D eigenvalue weighted by molar-refractivity contribution is 0.205. The third-order valence-electron chi connectivity index (χ3n) is 2.44. The van der Waals surface area contributed by atoms with E-state index in [9.17, 15) is 5.11 Å². The molecule has 0 saturated carbocycles. The van der Waals surface area contributed by atoms with Crippen molar-refractivity contribution in [2.24, 2.45) is 0 Å². The van der Waals surface area contributed by atoms with Crippen LogP contribution in [0.4, 0.5) is 5.69 Å². The molecule has 0 aliphatic rings. The Morgan fingerprint density at radius 3 is 2.81 bits per heavy atom. The summed E-state index contributed by atoms with van der Waals surface area (Å²) in [4.78, 5) is 2.10. The van der Waals surface area contributed by atoms with E-state index in [0.717, 1.165) is 18.0 Å². The lowest BCUT2D eigenvalue weighted by atomic mass is 10.2. The molecule has 0 aliphatic carbocycles. The number of ether oxygens (including phenoxy) is 1. The van der Waals surface area contributed by atoms with Crippen LogP contribution in [0.3, 0.4) is 0 Å². The number of anilines is 1. The van der Waals surface area contributed by atoms with Gasteiger partial charge in [0.25, 0.3) is 0 Å². The van der Waals surface area contributed by atoms with Crippen LogP contribution in [0.1, 0.15) is 6.92 Å². The number of benzene rings is 1. The van der Waals surface area contributed by atoms with Crippen molar-refractivity contribution in [3.8, 4) is 5.75 Å². The molecule has 4 heteroatoms. The maximum Gasteiger partial charge on any atom is 0.120 e. The van der Waals surface area contributed by atoms with Crippen LogP contribution in [0.15, 0.2) is 24.3 Å². The zero-order valence-corrected chi connectivity index (χ0v) is 10.7. The Balaban J connectivity index is 2.77. The van der Waals surface area contributed by atoms with Crippen LogP contribution < -0.4 is 9.64 Å². The maximum atomic E-state index is 9.60. The average molecular weight is 241 g/mol. The zero-order chi connectivity index (χ0) is 12.0. The molecule has 0 heterocycles. The summed E-state index contributed by atoms with van der Waals surface area (Å²) >= 11 is 4.08. The molecule has 1 unspecified atom stereocenters. The second kappa shape index (κ2) is 6.66. The van der Waals surface area contributed by atoms with Crippen LogP contribution in [-0.2, 0) is 0 Å². The Bertz CT molecular complexity index is 320. The van der Waals surface area contributed by atoms with Crippen LogP contribution in [0.5, 0.6) is 5.75 Å². The highest BCUT2D eigenvalue weighted by atomic mass is 32.1. The number of methoxy groups -OCH3 is 1. The summed E-state index contributed by atoms with van der Waals surface area (Å²) in [5.41, 5.74) is 1.06. The van der Waals surface area contributed by atoms with Gasteiger partial charge in [-0.3, -0.25) is 0 Å². The van der Waals surface area contributed by atoms with Crippen LogP contribution >= 0.6 is 12.6 Å². The largest absolute Gasteiger partial charge is 0.497 e. The van der Waals surface area contributed by atoms with Gasteiger partial charge in [-0.15, -0.1) is 0 Å². The van der Waals surface area contributed by atoms with Crippen molar-refractivity contribution >= 4 is 18.3 Å². The fraction of sp³-hybridized carbons (Fsp3) is 0.500. The van der Waals surface area contributed by atoms with Gasteiger partial charge in [0.1, 0.15) is 5.75 Å². The fourth-order valence-electron chi connectivity index (χ4n) is 1.54. The van der Waals surface area contributed by atoms with E-state index >= 15 is 0 Å². The first-order valence-corrected chi connectivity index (χ1v) is 6.02. The van der Waals surface area contributed by atoms with Crippen LogP contribution in [0, 0.1) is 0 Å². The molecule has 1 atom stereocenters. The number of thiol groups is 1. The summed E-state index contributed by atoms with van der Waals surface area (Å²) in [5, 5.41) is 9.60. The fourth-order valence-corrected chi connectivity index (χ4v) is 1.65. The van der Waals surface area contributed by atoms with Gasteiger partial charge in [-0.05, 0) is 19.1 Å². The van der Waals surface area contributed by atoms with E-state index in [1.165, 1.54) is 0 Å². The number of hydrogen-bond donors (Lipinski definition) is 2. The summed E-state index contributed by atoms with van der Waals surface area (Å²) in [6, 6.07) is 7.84. The predicted molar refractivity (Wildman–Crippen MR) is 70.7 cm³/mol. The number of rotatable bonds is 6. The van der Waals surface area contributed by atoms with Gasteiger partial charge in [0.05, 0.1) is 13.2 Å². The monoisotopic (exact) mass is 241 g/mol. The number of likely N-dealkylation sites (N-methyl/N-ethyl adjacent to an activating group) is 1. The molecule has 0 spiro atoms. The quantitative estimate of drug-likeness (QED) is 0.745. The summed E-state index contributed by atoms with van der Waals surface area (Å²) in [5.74, 6) is 1.30. The smallest absolute Gasteiger partial charge is 0.120 e. The third-order valence-corrected chi connectivity index (χ3v) is 2.86. The zero-order valence-electron chi connectivity index (χ0n) is 9.76. The Kier molecular flexibility index (Phi) is 5.49. The summed E-state index contributed by atoms with van der Waals surface area (Å²) in [6.07, 6.45) is -0.408. The minimum atomic E-state index is -0.408. The number of aliphatic hydroxyl groups is 1. The molecule has 0 aromatic heterocycles. The molecule has 0 bridgehead atoms. The third kappa shape index (κ3) is 3.61. The van der Waals surface area contributed by atoms with E-state index in [1.54, 1.807) is 7.11 Å². The molecule has 0 radical (unpaired) electrons.